The van der Waals surface area contributed by atoms with Crippen molar-refractivity contribution in [1.29, 1.82) is 0 Å². The minimum Gasteiger partial charge on any atom is -0.456 e. The first-order valence-electron chi connectivity index (χ1n) is 20.2. The lowest BCUT2D eigenvalue weighted by Gasteiger charge is -2.12. The van der Waals surface area contributed by atoms with Crippen LogP contribution < -0.4 is 0 Å². The molecule has 3 heterocycles. The molecule has 0 N–H and O–H groups in total. The Morgan fingerprint density at radius 3 is 1.70 bits per heavy atom. The van der Waals surface area contributed by atoms with Crippen LogP contribution in [-0.2, 0) is 0 Å². The van der Waals surface area contributed by atoms with Gasteiger partial charge in [0, 0.05) is 43.8 Å². The lowest BCUT2D eigenvalue weighted by Crippen LogP contribution is -2.01. The van der Waals surface area contributed by atoms with Crippen LogP contribution in [0.2, 0.25) is 0 Å². The Balaban J connectivity index is 1.06. The molecule has 0 radical (unpaired) electrons. The minimum atomic E-state index is 0.573. The first-order chi connectivity index (χ1) is 29.7. The number of para-hydroxylation sites is 1. The second-order valence-corrected chi connectivity index (χ2v) is 15.5. The summed E-state index contributed by atoms with van der Waals surface area (Å²) in [5.74, 6) is 1.78. The van der Waals surface area contributed by atoms with Crippen LogP contribution in [0.3, 0.4) is 0 Å². The summed E-state index contributed by atoms with van der Waals surface area (Å²) in [5, 5.41) is 13.4. The Morgan fingerprint density at radius 1 is 0.283 bits per heavy atom. The van der Waals surface area contributed by atoms with Crippen LogP contribution in [0.15, 0.2) is 197 Å². The van der Waals surface area contributed by atoms with Crippen molar-refractivity contribution in [3.8, 4) is 45.3 Å². The van der Waals surface area contributed by atoms with Gasteiger partial charge in [-0.15, -0.1) is 0 Å². The van der Waals surface area contributed by atoms with Crippen LogP contribution >= 0.6 is 0 Å². The summed E-state index contributed by atoms with van der Waals surface area (Å²) < 4.78 is 13.4. The molecule has 0 saturated heterocycles. The Hall–Kier alpha value is -8.15. The zero-order chi connectivity index (χ0) is 39.3. The van der Waals surface area contributed by atoms with E-state index in [2.05, 4.69) is 170 Å². The van der Waals surface area contributed by atoms with E-state index in [9.17, 15) is 0 Å². The highest BCUT2D eigenvalue weighted by Crippen LogP contribution is 2.45. The maximum Gasteiger partial charge on any atom is 0.164 e. The van der Waals surface area contributed by atoms with Crippen LogP contribution in [0.5, 0.6) is 0 Å². The van der Waals surface area contributed by atoms with Crippen molar-refractivity contribution in [3.63, 3.8) is 0 Å². The molecule has 0 aliphatic carbocycles. The SMILES string of the molecule is c1ccc2cc(-c3nc(-c4ccc5c(ccc6ccccc65)c4)nc(-c4ccc(-c5cccc6oc7cc8ccccc8cc7c56)c5oc6ccccc6c45)n3)ccc2c1. The van der Waals surface area contributed by atoms with E-state index in [0.717, 1.165) is 93.2 Å². The molecule has 0 spiro atoms. The molecule has 278 valence electrons. The van der Waals surface area contributed by atoms with Crippen molar-refractivity contribution < 1.29 is 8.83 Å². The molecule has 13 rings (SSSR count). The Morgan fingerprint density at radius 2 is 0.867 bits per heavy atom. The number of fused-ring (bicyclic) bond motifs is 11. The molecule has 10 aromatic carbocycles. The molecule has 0 amide bonds. The maximum absolute atomic E-state index is 6.87. The van der Waals surface area contributed by atoms with Crippen molar-refractivity contribution in [2.75, 3.05) is 0 Å². The fraction of sp³-hybridized carbons (Fsp3) is 0. The third kappa shape index (κ3) is 5.03. The molecule has 0 unspecified atom stereocenters. The summed E-state index contributed by atoms with van der Waals surface area (Å²) in [4.78, 5) is 15.8. The number of hydrogen-bond acceptors (Lipinski definition) is 5. The van der Waals surface area contributed by atoms with E-state index in [1.807, 2.05) is 18.2 Å². The van der Waals surface area contributed by atoms with Gasteiger partial charge in [-0.3, -0.25) is 0 Å². The van der Waals surface area contributed by atoms with Crippen LogP contribution in [0.1, 0.15) is 0 Å². The highest BCUT2D eigenvalue weighted by molar-refractivity contribution is 6.21. The van der Waals surface area contributed by atoms with E-state index in [1.165, 1.54) is 21.5 Å². The van der Waals surface area contributed by atoms with E-state index in [-0.39, 0.29) is 0 Å². The summed E-state index contributed by atoms with van der Waals surface area (Å²) >= 11 is 0. The van der Waals surface area contributed by atoms with Crippen LogP contribution in [0.4, 0.5) is 0 Å². The van der Waals surface area contributed by atoms with E-state index in [4.69, 9.17) is 23.8 Å². The van der Waals surface area contributed by atoms with Gasteiger partial charge in [0.25, 0.3) is 0 Å². The summed E-state index contributed by atoms with van der Waals surface area (Å²) in [6.07, 6.45) is 0. The van der Waals surface area contributed by atoms with Crippen molar-refractivity contribution in [1.82, 2.24) is 15.0 Å². The molecule has 60 heavy (non-hydrogen) atoms. The maximum atomic E-state index is 6.87. The monoisotopic (exact) mass is 765 g/mol. The smallest absolute Gasteiger partial charge is 0.164 e. The number of benzene rings is 10. The molecule has 0 saturated carbocycles. The van der Waals surface area contributed by atoms with Gasteiger partial charge in [0.05, 0.1) is 0 Å². The summed E-state index contributed by atoms with van der Waals surface area (Å²) in [5.41, 5.74) is 7.95. The highest BCUT2D eigenvalue weighted by Gasteiger charge is 2.23. The minimum absolute atomic E-state index is 0.573. The fourth-order valence-corrected chi connectivity index (χ4v) is 9.20. The summed E-state index contributed by atoms with van der Waals surface area (Å²) in [6.45, 7) is 0. The summed E-state index contributed by atoms with van der Waals surface area (Å²) in [7, 11) is 0. The second-order valence-electron chi connectivity index (χ2n) is 15.5. The summed E-state index contributed by atoms with van der Waals surface area (Å²) in [6, 6.07) is 65.7. The molecule has 0 aliphatic rings. The third-order valence-electron chi connectivity index (χ3n) is 12.1. The van der Waals surface area contributed by atoms with Crippen molar-refractivity contribution in [2.45, 2.75) is 0 Å². The molecule has 0 fully saturated rings. The van der Waals surface area contributed by atoms with Crippen molar-refractivity contribution in [3.05, 3.63) is 188 Å². The van der Waals surface area contributed by atoms with Gasteiger partial charge in [-0.05, 0) is 97.2 Å². The van der Waals surface area contributed by atoms with Gasteiger partial charge in [0.1, 0.15) is 22.3 Å². The van der Waals surface area contributed by atoms with Gasteiger partial charge in [0.2, 0.25) is 0 Å². The normalized spacial score (nSPS) is 12.0. The fourth-order valence-electron chi connectivity index (χ4n) is 9.20. The van der Waals surface area contributed by atoms with E-state index in [1.54, 1.807) is 0 Å². The van der Waals surface area contributed by atoms with Gasteiger partial charge in [-0.25, -0.2) is 15.0 Å². The molecular weight excluding hydrogens is 735 g/mol. The molecule has 13 aromatic rings. The first kappa shape index (κ1) is 32.9. The van der Waals surface area contributed by atoms with E-state index >= 15 is 0 Å². The molecule has 0 atom stereocenters. The van der Waals surface area contributed by atoms with Crippen molar-refractivity contribution >= 4 is 87.0 Å². The van der Waals surface area contributed by atoms with Gasteiger partial charge >= 0.3 is 0 Å². The molecule has 5 nitrogen and oxygen atoms in total. The Kier molecular flexibility index (Phi) is 6.95. The molecule has 0 bridgehead atoms. The van der Waals surface area contributed by atoms with E-state index in [0.29, 0.717) is 17.5 Å². The molecular formula is C55H31N3O2. The second kappa shape index (κ2) is 12.7. The van der Waals surface area contributed by atoms with Gasteiger partial charge in [-0.1, -0.05) is 140 Å². The van der Waals surface area contributed by atoms with Gasteiger partial charge in [-0.2, -0.15) is 0 Å². The quantitative estimate of drug-likeness (QED) is 0.167. The third-order valence-corrected chi connectivity index (χ3v) is 12.1. The number of nitrogens with zero attached hydrogens (tertiary/aromatic N) is 3. The van der Waals surface area contributed by atoms with Crippen LogP contribution in [0, 0.1) is 0 Å². The van der Waals surface area contributed by atoms with Crippen LogP contribution in [-0.4, -0.2) is 15.0 Å². The van der Waals surface area contributed by atoms with Gasteiger partial charge in [0.15, 0.2) is 17.5 Å². The topological polar surface area (TPSA) is 65.0 Å². The van der Waals surface area contributed by atoms with Gasteiger partial charge < -0.3 is 8.83 Å². The lowest BCUT2D eigenvalue weighted by atomic mass is 9.94. The lowest BCUT2D eigenvalue weighted by molar-refractivity contribution is 0.669. The number of aromatic nitrogens is 3. The standard InChI is InChI=1S/C55H31N3O2/c1-2-12-34-28-38(23-20-32(34)10-1)53-56-54(39-24-25-41-37(29-39)22-21-33-11-5-6-15-40(33)41)58-55(57-53)45-27-26-43(52-51(45)44-16-7-8-18-47(44)60-52)42-17-9-19-48-50(42)46-30-35-13-3-4-14-36(35)31-49(46)59-48/h1-31H. The first-order valence-corrected chi connectivity index (χ1v) is 20.2. The Bertz CT molecular complexity index is 3910. The average Bonchev–Trinajstić information content (AvgIpc) is 3.88. The highest BCUT2D eigenvalue weighted by atomic mass is 16.3. The molecule has 5 heteroatoms. The largest absolute Gasteiger partial charge is 0.456 e. The van der Waals surface area contributed by atoms with Crippen molar-refractivity contribution in [2.24, 2.45) is 0 Å². The average molecular weight is 766 g/mol. The van der Waals surface area contributed by atoms with E-state index < -0.39 is 0 Å². The number of rotatable bonds is 4. The zero-order valence-corrected chi connectivity index (χ0v) is 32.1. The molecule has 0 aliphatic heterocycles. The zero-order valence-electron chi connectivity index (χ0n) is 32.1. The Labute approximate surface area is 342 Å². The van der Waals surface area contributed by atoms with Crippen LogP contribution in [0.25, 0.3) is 132 Å². The number of hydrogen-bond donors (Lipinski definition) is 0. The number of furan rings is 2. The predicted octanol–water partition coefficient (Wildman–Crippen LogP) is 15.0. The molecule has 3 aromatic heterocycles. The predicted molar refractivity (Wildman–Crippen MR) is 246 cm³/mol.